The van der Waals surface area contributed by atoms with Crippen LogP contribution in [0.2, 0.25) is 0 Å². The van der Waals surface area contributed by atoms with Gasteiger partial charge >= 0.3 is 0 Å². The highest BCUT2D eigenvalue weighted by Gasteiger charge is 2.37. The van der Waals surface area contributed by atoms with Crippen molar-refractivity contribution in [2.75, 3.05) is 26.3 Å². The monoisotopic (exact) mass is 333 g/mol. The quantitative estimate of drug-likeness (QED) is 0.654. The van der Waals surface area contributed by atoms with Crippen LogP contribution in [0.25, 0.3) is 0 Å². The molecule has 0 aromatic carbocycles. The maximum atomic E-state index is 5.80. The Kier molecular flexibility index (Phi) is 4.80. The summed E-state index contributed by atoms with van der Waals surface area (Å²) in [5, 5.41) is 4.24. The molecule has 102 valence electrons. The maximum absolute atomic E-state index is 5.80. The lowest BCUT2D eigenvalue weighted by atomic mass is 9.88. The van der Waals surface area contributed by atoms with E-state index in [0.717, 1.165) is 30.8 Å². The van der Waals surface area contributed by atoms with Gasteiger partial charge in [-0.3, -0.25) is 16.2 Å². The van der Waals surface area contributed by atoms with Crippen LogP contribution in [0.15, 0.2) is 15.2 Å². The third-order valence-electron chi connectivity index (χ3n) is 3.65. The van der Waals surface area contributed by atoms with Crippen LogP contribution in [0.4, 0.5) is 0 Å². The molecule has 1 fully saturated rings. The summed E-state index contributed by atoms with van der Waals surface area (Å²) >= 11 is 5.28. The summed E-state index contributed by atoms with van der Waals surface area (Å²) in [6.07, 6.45) is 0. The summed E-state index contributed by atoms with van der Waals surface area (Å²) in [5.74, 6) is 5.80. The average Bonchev–Trinajstić information content (AvgIpc) is 2.78. The van der Waals surface area contributed by atoms with Crippen LogP contribution in [0.1, 0.15) is 25.5 Å². The van der Waals surface area contributed by atoms with E-state index in [9.17, 15) is 0 Å². The number of hydrogen-bond acceptors (Lipinski definition) is 5. The molecule has 0 bridgehead atoms. The lowest BCUT2D eigenvalue weighted by Gasteiger charge is -2.45. The Morgan fingerprint density at radius 2 is 2.11 bits per heavy atom. The molecule has 0 aliphatic carbocycles. The van der Waals surface area contributed by atoms with E-state index in [1.54, 1.807) is 11.3 Å². The van der Waals surface area contributed by atoms with Crippen molar-refractivity contribution in [2.24, 2.45) is 5.84 Å². The Labute approximate surface area is 121 Å². The number of nitrogens with zero attached hydrogens (tertiary/aromatic N) is 1. The standard InChI is InChI=1S/C12H20BrN3OS/c1-12(2,16-3-5-17-6-4-16)11(15-14)9-7-18-8-10(9)13/h7-8,11,15H,3-6,14H2,1-2H3. The summed E-state index contributed by atoms with van der Waals surface area (Å²) in [6, 6.07) is 0.0937. The van der Waals surface area contributed by atoms with E-state index in [-0.39, 0.29) is 11.6 Å². The first-order valence-corrected chi connectivity index (χ1v) is 7.81. The van der Waals surface area contributed by atoms with Crippen molar-refractivity contribution in [3.63, 3.8) is 0 Å². The van der Waals surface area contributed by atoms with E-state index in [4.69, 9.17) is 10.6 Å². The van der Waals surface area contributed by atoms with E-state index in [1.807, 2.05) is 0 Å². The minimum Gasteiger partial charge on any atom is -0.379 e. The van der Waals surface area contributed by atoms with Gasteiger partial charge in [-0.15, -0.1) is 0 Å². The van der Waals surface area contributed by atoms with E-state index < -0.39 is 0 Å². The fourth-order valence-electron chi connectivity index (χ4n) is 2.49. The van der Waals surface area contributed by atoms with Gasteiger partial charge in [-0.25, -0.2) is 0 Å². The van der Waals surface area contributed by atoms with E-state index in [2.05, 4.69) is 50.9 Å². The normalized spacial score (nSPS) is 20.0. The summed E-state index contributed by atoms with van der Waals surface area (Å²) in [6.45, 7) is 7.96. The van der Waals surface area contributed by atoms with Crippen molar-refractivity contribution in [1.29, 1.82) is 0 Å². The largest absolute Gasteiger partial charge is 0.379 e. The van der Waals surface area contributed by atoms with Crippen LogP contribution in [0.5, 0.6) is 0 Å². The molecule has 6 heteroatoms. The van der Waals surface area contributed by atoms with E-state index >= 15 is 0 Å². The number of rotatable bonds is 4. The molecule has 1 aliphatic rings. The minimum atomic E-state index is -0.0534. The van der Waals surface area contributed by atoms with E-state index in [1.165, 1.54) is 5.56 Å². The van der Waals surface area contributed by atoms with Gasteiger partial charge in [0.05, 0.1) is 19.3 Å². The van der Waals surface area contributed by atoms with Gasteiger partial charge in [0, 0.05) is 28.5 Å². The predicted molar refractivity (Wildman–Crippen MR) is 78.6 cm³/mol. The van der Waals surface area contributed by atoms with Crippen molar-refractivity contribution in [3.8, 4) is 0 Å². The van der Waals surface area contributed by atoms with Gasteiger partial charge in [0.1, 0.15) is 0 Å². The number of hydrogen-bond donors (Lipinski definition) is 2. The topological polar surface area (TPSA) is 50.5 Å². The fraction of sp³-hybridized carbons (Fsp3) is 0.667. The molecule has 1 aromatic heterocycles. The molecule has 1 aliphatic heterocycles. The van der Waals surface area contributed by atoms with Crippen LogP contribution in [-0.4, -0.2) is 36.7 Å². The Balaban J connectivity index is 2.22. The average molecular weight is 334 g/mol. The van der Waals surface area contributed by atoms with Crippen molar-refractivity contribution < 1.29 is 4.74 Å². The molecule has 0 saturated carbocycles. The Bertz CT molecular complexity index is 390. The summed E-state index contributed by atoms with van der Waals surface area (Å²) < 4.78 is 6.54. The third kappa shape index (κ3) is 2.79. The predicted octanol–water partition coefficient (Wildman–Crippen LogP) is 2.13. The zero-order valence-electron chi connectivity index (χ0n) is 10.8. The molecule has 4 nitrogen and oxygen atoms in total. The Morgan fingerprint density at radius 3 is 2.61 bits per heavy atom. The lowest BCUT2D eigenvalue weighted by Crippen LogP contribution is -2.57. The SMILES string of the molecule is CC(C)(C(NN)c1cscc1Br)N1CCOCC1. The maximum Gasteiger partial charge on any atom is 0.0657 e. The minimum absolute atomic E-state index is 0.0534. The molecule has 1 unspecified atom stereocenters. The second-order valence-electron chi connectivity index (χ2n) is 5.03. The molecule has 0 radical (unpaired) electrons. The molecular formula is C12H20BrN3OS. The fourth-order valence-corrected chi connectivity index (χ4v) is 4.05. The van der Waals surface area contributed by atoms with Crippen LogP contribution in [-0.2, 0) is 4.74 Å². The van der Waals surface area contributed by atoms with Crippen molar-refractivity contribution in [2.45, 2.75) is 25.4 Å². The van der Waals surface area contributed by atoms with Gasteiger partial charge in [0.25, 0.3) is 0 Å². The van der Waals surface area contributed by atoms with Gasteiger partial charge in [-0.1, -0.05) is 0 Å². The van der Waals surface area contributed by atoms with Crippen molar-refractivity contribution in [3.05, 3.63) is 20.8 Å². The van der Waals surface area contributed by atoms with Crippen LogP contribution in [0.3, 0.4) is 0 Å². The zero-order valence-corrected chi connectivity index (χ0v) is 13.2. The van der Waals surface area contributed by atoms with Gasteiger partial charge < -0.3 is 4.74 Å². The number of morpholine rings is 1. The Hall–Kier alpha value is 0.0200. The van der Waals surface area contributed by atoms with Gasteiger partial charge in [0.2, 0.25) is 0 Å². The summed E-state index contributed by atoms with van der Waals surface area (Å²) in [4.78, 5) is 2.44. The molecule has 2 rings (SSSR count). The van der Waals surface area contributed by atoms with Crippen LogP contribution < -0.4 is 11.3 Å². The molecule has 18 heavy (non-hydrogen) atoms. The molecule has 3 N–H and O–H groups in total. The second kappa shape index (κ2) is 5.98. The number of thiophene rings is 1. The number of halogens is 1. The van der Waals surface area contributed by atoms with Gasteiger partial charge in [-0.2, -0.15) is 11.3 Å². The highest BCUT2D eigenvalue weighted by atomic mass is 79.9. The molecule has 0 spiro atoms. The van der Waals surface area contributed by atoms with Gasteiger partial charge in [0.15, 0.2) is 0 Å². The van der Waals surface area contributed by atoms with Crippen LogP contribution >= 0.6 is 27.3 Å². The Morgan fingerprint density at radius 1 is 1.44 bits per heavy atom. The first-order chi connectivity index (χ1) is 8.57. The molecule has 2 heterocycles. The molecule has 1 aromatic rings. The summed E-state index contributed by atoms with van der Waals surface area (Å²) in [5.41, 5.74) is 4.14. The van der Waals surface area contributed by atoms with Crippen LogP contribution in [0, 0.1) is 0 Å². The number of nitrogens with two attached hydrogens (primary N) is 1. The molecule has 0 amide bonds. The summed E-state index contributed by atoms with van der Waals surface area (Å²) in [7, 11) is 0. The van der Waals surface area contributed by atoms with Gasteiger partial charge in [-0.05, 0) is 40.7 Å². The highest BCUT2D eigenvalue weighted by Crippen LogP contribution is 2.36. The first kappa shape index (κ1) is 14.4. The van der Waals surface area contributed by atoms with Crippen molar-refractivity contribution in [1.82, 2.24) is 10.3 Å². The molecule has 1 saturated heterocycles. The number of nitrogens with one attached hydrogen (secondary N) is 1. The second-order valence-corrected chi connectivity index (χ2v) is 6.63. The molecular weight excluding hydrogens is 314 g/mol. The zero-order chi connectivity index (χ0) is 13.2. The number of ether oxygens (including phenoxy) is 1. The van der Waals surface area contributed by atoms with E-state index in [0.29, 0.717) is 0 Å². The lowest BCUT2D eigenvalue weighted by molar-refractivity contribution is -0.0238. The first-order valence-electron chi connectivity index (χ1n) is 6.08. The smallest absolute Gasteiger partial charge is 0.0657 e. The highest BCUT2D eigenvalue weighted by molar-refractivity contribution is 9.10. The third-order valence-corrected chi connectivity index (χ3v) is 5.40. The molecule has 1 atom stereocenters. The number of hydrazine groups is 1. The van der Waals surface area contributed by atoms with Crippen molar-refractivity contribution >= 4 is 27.3 Å².